The van der Waals surface area contributed by atoms with Crippen LogP contribution in [0.2, 0.25) is 5.02 Å². The summed E-state index contributed by atoms with van der Waals surface area (Å²) < 4.78 is 27.4. The van der Waals surface area contributed by atoms with Crippen LogP contribution in [0.4, 0.5) is 4.39 Å². The first-order chi connectivity index (χ1) is 7.32. The molecule has 1 atom stereocenters. The van der Waals surface area contributed by atoms with Gasteiger partial charge in [0.15, 0.2) is 5.82 Å². The Bertz CT molecular complexity index is 406. The lowest BCUT2D eigenvalue weighted by Crippen LogP contribution is -2.33. The largest absolute Gasteiger partial charge is 0.257 e. The van der Waals surface area contributed by atoms with Gasteiger partial charge in [0.2, 0.25) is 0 Å². The molecule has 0 radical (unpaired) electrons. The predicted molar refractivity (Wildman–Crippen MR) is 63.9 cm³/mol. The minimum atomic E-state index is -1.25. The Morgan fingerprint density at radius 3 is 2.75 bits per heavy atom. The summed E-state index contributed by atoms with van der Waals surface area (Å²) in [6, 6.07) is 1.38. The second-order valence-electron chi connectivity index (χ2n) is 4.26. The molecule has 0 fully saturated rings. The van der Waals surface area contributed by atoms with Crippen LogP contribution < -0.4 is 4.72 Å². The standard InChI is InChI=1S/C10H14ClFN2OS/c1-10(2,3)16(15)14-6-8-9(12)7(11)4-5-13-8/h4-5,14H,6H2,1-3H3. The van der Waals surface area contributed by atoms with E-state index in [9.17, 15) is 8.60 Å². The molecular formula is C10H14ClFN2OS. The van der Waals surface area contributed by atoms with E-state index in [4.69, 9.17) is 11.6 Å². The van der Waals surface area contributed by atoms with Gasteiger partial charge in [0.05, 0.1) is 33.0 Å². The SMILES string of the molecule is CC(C)(C)S(=O)NCc1nccc(Cl)c1F. The number of nitrogens with one attached hydrogen (secondary N) is 1. The van der Waals surface area contributed by atoms with E-state index in [0.717, 1.165) is 0 Å². The summed E-state index contributed by atoms with van der Waals surface area (Å²) in [5.41, 5.74) is 0.171. The summed E-state index contributed by atoms with van der Waals surface area (Å²) >= 11 is 5.60. The molecule has 16 heavy (non-hydrogen) atoms. The van der Waals surface area contributed by atoms with Gasteiger partial charge in [0, 0.05) is 6.20 Å². The Kier molecular flexibility index (Phi) is 4.41. The van der Waals surface area contributed by atoms with Crippen LogP contribution in [-0.4, -0.2) is 13.9 Å². The van der Waals surface area contributed by atoms with Crippen molar-refractivity contribution in [2.75, 3.05) is 0 Å². The van der Waals surface area contributed by atoms with Crippen molar-refractivity contribution in [3.63, 3.8) is 0 Å². The molecule has 1 unspecified atom stereocenters. The van der Waals surface area contributed by atoms with Gasteiger partial charge in [-0.05, 0) is 26.8 Å². The second kappa shape index (κ2) is 5.21. The molecule has 0 saturated carbocycles. The fraction of sp³-hybridized carbons (Fsp3) is 0.500. The quantitative estimate of drug-likeness (QED) is 0.911. The number of aromatic nitrogens is 1. The Morgan fingerprint density at radius 1 is 1.56 bits per heavy atom. The van der Waals surface area contributed by atoms with E-state index in [1.54, 1.807) is 0 Å². The van der Waals surface area contributed by atoms with Crippen LogP contribution in [0, 0.1) is 5.82 Å². The molecule has 90 valence electrons. The van der Waals surface area contributed by atoms with Crippen molar-refractivity contribution in [3.8, 4) is 0 Å². The molecular weight excluding hydrogens is 251 g/mol. The van der Waals surface area contributed by atoms with E-state index in [2.05, 4.69) is 9.71 Å². The lowest BCUT2D eigenvalue weighted by Gasteiger charge is -2.17. The molecule has 0 bridgehead atoms. The van der Waals surface area contributed by atoms with Crippen LogP contribution >= 0.6 is 11.6 Å². The van der Waals surface area contributed by atoms with Gasteiger partial charge in [-0.1, -0.05) is 11.6 Å². The summed E-state index contributed by atoms with van der Waals surface area (Å²) in [5.74, 6) is -0.567. The third-order valence-electron chi connectivity index (χ3n) is 1.84. The zero-order valence-electron chi connectivity index (χ0n) is 9.38. The smallest absolute Gasteiger partial charge is 0.164 e. The average Bonchev–Trinajstić information content (AvgIpc) is 2.18. The van der Waals surface area contributed by atoms with E-state index in [1.807, 2.05) is 20.8 Å². The topological polar surface area (TPSA) is 42.0 Å². The molecule has 0 amide bonds. The highest BCUT2D eigenvalue weighted by atomic mass is 35.5. The number of rotatable bonds is 3. The second-order valence-corrected chi connectivity index (χ2v) is 6.71. The summed E-state index contributed by atoms with van der Waals surface area (Å²) in [6.45, 7) is 5.59. The van der Waals surface area contributed by atoms with Crippen molar-refractivity contribution >= 4 is 22.6 Å². The van der Waals surface area contributed by atoms with E-state index in [0.29, 0.717) is 0 Å². The van der Waals surface area contributed by atoms with E-state index in [-0.39, 0.29) is 17.3 Å². The maximum Gasteiger partial charge on any atom is 0.164 e. The minimum Gasteiger partial charge on any atom is -0.257 e. The van der Waals surface area contributed by atoms with Crippen molar-refractivity contribution in [2.45, 2.75) is 32.1 Å². The monoisotopic (exact) mass is 264 g/mol. The third kappa shape index (κ3) is 3.50. The fourth-order valence-electron chi connectivity index (χ4n) is 0.934. The molecule has 1 N–H and O–H groups in total. The molecule has 0 aliphatic heterocycles. The van der Waals surface area contributed by atoms with Crippen LogP contribution in [0.5, 0.6) is 0 Å². The molecule has 0 saturated heterocycles. The first kappa shape index (κ1) is 13.5. The highest BCUT2D eigenvalue weighted by Gasteiger charge is 2.19. The molecule has 3 nitrogen and oxygen atoms in total. The molecule has 1 heterocycles. The zero-order valence-corrected chi connectivity index (χ0v) is 11.0. The molecule has 0 aliphatic rings. The fourth-order valence-corrected chi connectivity index (χ4v) is 1.80. The van der Waals surface area contributed by atoms with Gasteiger partial charge in [-0.3, -0.25) is 4.98 Å². The van der Waals surface area contributed by atoms with Gasteiger partial charge >= 0.3 is 0 Å². The minimum absolute atomic E-state index is 0.0216. The van der Waals surface area contributed by atoms with Crippen LogP contribution in [0.1, 0.15) is 26.5 Å². The highest BCUT2D eigenvalue weighted by molar-refractivity contribution is 7.84. The summed E-state index contributed by atoms with van der Waals surface area (Å²) in [5, 5.41) is 0.0216. The number of nitrogens with zero attached hydrogens (tertiary/aromatic N) is 1. The third-order valence-corrected chi connectivity index (χ3v) is 3.65. The lowest BCUT2D eigenvalue weighted by atomic mass is 10.3. The maximum atomic E-state index is 13.4. The number of halogens is 2. The van der Waals surface area contributed by atoms with Crippen molar-refractivity contribution in [1.29, 1.82) is 0 Å². The zero-order chi connectivity index (χ0) is 12.3. The number of pyridine rings is 1. The van der Waals surface area contributed by atoms with Gasteiger partial charge < -0.3 is 0 Å². The van der Waals surface area contributed by atoms with E-state index >= 15 is 0 Å². The van der Waals surface area contributed by atoms with Crippen molar-refractivity contribution in [1.82, 2.24) is 9.71 Å². The van der Waals surface area contributed by atoms with Crippen LogP contribution in [0.25, 0.3) is 0 Å². The van der Waals surface area contributed by atoms with E-state index in [1.165, 1.54) is 12.3 Å². The highest BCUT2D eigenvalue weighted by Crippen LogP contribution is 2.16. The number of hydrogen-bond acceptors (Lipinski definition) is 2. The summed E-state index contributed by atoms with van der Waals surface area (Å²) in [6.07, 6.45) is 1.42. The van der Waals surface area contributed by atoms with Crippen LogP contribution in [0.3, 0.4) is 0 Å². The normalized spacial score (nSPS) is 13.8. The van der Waals surface area contributed by atoms with Gasteiger partial charge in [0.25, 0.3) is 0 Å². The Hall–Kier alpha value is -0.520. The van der Waals surface area contributed by atoms with Gasteiger partial charge in [0.1, 0.15) is 0 Å². The van der Waals surface area contributed by atoms with Gasteiger partial charge in [-0.2, -0.15) is 0 Å². The maximum absolute atomic E-state index is 13.4. The molecule has 1 rings (SSSR count). The summed E-state index contributed by atoms with van der Waals surface area (Å²) in [7, 11) is -1.25. The summed E-state index contributed by atoms with van der Waals surface area (Å²) in [4.78, 5) is 3.84. The molecule has 0 spiro atoms. The van der Waals surface area contributed by atoms with Crippen LogP contribution in [0.15, 0.2) is 12.3 Å². The van der Waals surface area contributed by atoms with Gasteiger partial charge in [-0.25, -0.2) is 13.3 Å². The first-order valence-corrected chi connectivity index (χ1v) is 6.29. The van der Waals surface area contributed by atoms with Crippen LogP contribution in [-0.2, 0) is 17.5 Å². The first-order valence-electron chi connectivity index (χ1n) is 4.76. The average molecular weight is 265 g/mol. The van der Waals surface area contributed by atoms with Crippen molar-refractivity contribution in [3.05, 3.63) is 28.8 Å². The Labute approximate surface area is 102 Å². The molecule has 1 aromatic rings. The molecule has 1 aromatic heterocycles. The molecule has 6 heteroatoms. The Balaban J connectivity index is 2.69. The van der Waals surface area contributed by atoms with Gasteiger partial charge in [-0.15, -0.1) is 0 Å². The van der Waals surface area contributed by atoms with Crippen molar-refractivity contribution in [2.24, 2.45) is 0 Å². The van der Waals surface area contributed by atoms with E-state index < -0.39 is 21.5 Å². The molecule has 0 aromatic carbocycles. The van der Waals surface area contributed by atoms with Crippen molar-refractivity contribution < 1.29 is 8.60 Å². The predicted octanol–water partition coefficient (Wildman–Crippen LogP) is 2.43. The Morgan fingerprint density at radius 2 is 2.19 bits per heavy atom. The lowest BCUT2D eigenvalue weighted by molar-refractivity contribution is 0.590. The molecule has 0 aliphatic carbocycles. The number of hydrogen-bond donors (Lipinski definition) is 1.